The summed E-state index contributed by atoms with van der Waals surface area (Å²) in [6, 6.07) is 15.0. The smallest absolute Gasteiger partial charge is 0.253 e. The fraction of sp³-hybridized carbons (Fsp3) is 0.364. The predicted molar refractivity (Wildman–Crippen MR) is 103 cm³/mol. The first-order chi connectivity index (χ1) is 12.5. The molecule has 136 valence electrons. The van der Waals surface area contributed by atoms with Crippen LogP contribution in [0.4, 0.5) is 0 Å². The summed E-state index contributed by atoms with van der Waals surface area (Å²) in [5.41, 5.74) is 3.47. The van der Waals surface area contributed by atoms with Gasteiger partial charge in [-0.3, -0.25) is 9.59 Å². The van der Waals surface area contributed by atoms with Gasteiger partial charge in [0.15, 0.2) is 0 Å². The molecule has 0 bridgehead atoms. The van der Waals surface area contributed by atoms with Gasteiger partial charge in [-0.1, -0.05) is 36.8 Å². The summed E-state index contributed by atoms with van der Waals surface area (Å²) in [6.07, 6.45) is 2.12. The minimum Gasteiger partial charge on any atom is -0.348 e. The van der Waals surface area contributed by atoms with E-state index < -0.39 is 0 Å². The van der Waals surface area contributed by atoms with E-state index in [4.69, 9.17) is 0 Å². The molecule has 0 aromatic heterocycles. The van der Waals surface area contributed by atoms with Gasteiger partial charge in [0.1, 0.15) is 0 Å². The highest BCUT2D eigenvalue weighted by Gasteiger charge is 2.21. The molecule has 1 heterocycles. The molecule has 2 amide bonds. The molecule has 26 heavy (non-hydrogen) atoms. The molecule has 0 radical (unpaired) electrons. The Morgan fingerprint density at radius 1 is 1.04 bits per heavy atom. The minimum absolute atomic E-state index is 0.0589. The second-order valence-corrected chi connectivity index (χ2v) is 7.22. The fourth-order valence-corrected chi connectivity index (χ4v) is 3.26. The molecule has 4 heteroatoms. The summed E-state index contributed by atoms with van der Waals surface area (Å²) < 4.78 is 0. The Morgan fingerprint density at radius 2 is 1.69 bits per heavy atom. The molecular formula is C22H26N2O2. The van der Waals surface area contributed by atoms with E-state index in [9.17, 15) is 9.59 Å². The molecule has 0 unspecified atom stereocenters. The Morgan fingerprint density at radius 3 is 2.35 bits per heavy atom. The maximum atomic E-state index is 12.6. The van der Waals surface area contributed by atoms with E-state index in [-0.39, 0.29) is 11.8 Å². The number of piperidine rings is 1. The largest absolute Gasteiger partial charge is 0.348 e. The van der Waals surface area contributed by atoms with Crippen LogP contribution in [0.15, 0.2) is 48.5 Å². The Bertz CT molecular complexity index is 775. The lowest BCUT2D eigenvalue weighted by atomic mass is 9.98. The van der Waals surface area contributed by atoms with Crippen LogP contribution in [-0.4, -0.2) is 29.8 Å². The van der Waals surface area contributed by atoms with Crippen molar-refractivity contribution in [1.82, 2.24) is 10.2 Å². The van der Waals surface area contributed by atoms with Crippen molar-refractivity contribution in [1.29, 1.82) is 0 Å². The molecule has 0 saturated carbocycles. The summed E-state index contributed by atoms with van der Waals surface area (Å²) in [5, 5.41) is 2.93. The minimum atomic E-state index is -0.127. The number of carbonyl (C=O) groups excluding carboxylic acids is 2. The number of carbonyl (C=O) groups is 2. The second kappa shape index (κ2) is 8.17. The lowest BCUT2D eigenvalue weighted by Crippen LogP contribution is -2.37. The van der Waals surface area contributed by atoms with Gasteiger partial charge in [0, 0.05) is 30.8 Å². The van der Waals surface area contributed by atoms with E-state index in [0.29, 0.717) is 23.6 Å². The first-order valence-electron chi connectivity index (χ1n) is 9.26. The van der Waals surface area contributed by atoms with Gasteiger partial charge in [-0.05, 0) is 55.5 Å². The summed E-state index contributed by atoms with van der Waals surface area (Å²) in [5.74, 6) is 0.624. The molecule has 0 aliphatic carbocycles. The van der Waals surface area contributed by atoms with Crippen LogP contribution in [0.3, 0.4) is 0 Å². The van der Waals surface area contributed by atoms with Crippen LogP contribution in [0.2, 0.25) is 0 Å². The number of likely N-dealkylation sites (tertiary alicyclic amines) is 1. The van der Waals surface area contributed by atoms with Gasteiger partial charge in [-0.15, -0.1) is 0 Å². The Balaban J connectivity index is 1.58. The SMILES string of the molecule is Cc1cccc(CNC(=O)c2ccc(C(=O)N3CCC(C)CC3)cc2)c1. The number of nitrogens with zero attached hydrogens (tertiary/aromatic N) is 1. The van der Waals surface area contributed by atoms with Crippen molar-refractivity contribution >= 4 is 11.8 Å². The third-order valence-corrected chi connectivity index (χ3v) is 5.00. The molecule has 1 aliphatic heterocycles. The van der Waals surface area contributed by atoms with Crippen molar-refractivity contribution in [2.75, 3.05) is 13.1 Å². The topological polar surface area (TPSA) is 49.4 Å². The molecule has 2 aromatic rings. The van der Waals surface area contributed by atoms with E-state index in [1.165, 1.54) is 5.56 Å². The van der Waals surface area contributed by atoms with Crippen LogP contribution < -0.4 is 5.32 Å². The molecule has 0 atom stereocenters. The molecule has 2 aromatic carbocycles. The highest BCUT2D eigenvalue weighted by atomic mass is 16.2. The van der Waals surface area contributed by atoms with Crippen LogP contribution in [0.5, 0.6) is 0 Å². The van der Waals surface area contributed by atoms with E-state index in [1.54, 1.807) is 24.3 Å². The summed E-state index contributed by atoms with van der Waals surface area (Å²) >= 11 is 0. The van der Waals surface area contributed by atoms with Crippen molar-refractivity contribution in [2.24, 2.45) is 5.92 Å². The van der Waals surface area contributed by atoms with Gasteiger partial charge in [0.2, 0.25) is 0 Å². The third kappa shape index (κ3) is 4.51. The lowest BCUT2D eigenvalue weighted by molar-refractivity contribution is 0.0696. The van der Waals surface area contributed by atoms with Gasteiger partial charge < -0.3 is 10.2 Å². The number of hydrogen-bond donors (Lipinski definition) is 1. The van der Waals surface area contributed by atoms with E-state index in [2.05, 4.69) is 18.3 Å². The maximum absolute atomic E-state index is 12.6. The predicted octanol–water partition coefficient (Wildman–Crippen LogP) is 3.80. The number of amides is 2. The molecule has 4 nitrogen and oxygen atoms in total. The summed E-state index contributed by atoms with van der Waals surface area (Å²) in [6.45, 7) is 6.39. The number of hydrogen-bond acceptors (Lipinski definition) is 2. The van der Waals surface area contributed by atoms with Crippen molar-refractivity contribution in [3.8, 4) is 0 Å². The first kappa shape index (κ1) is 18.2. The average molecular weight is 350 g/mol. The van der Waals surface area contributed by atoms with Crippen LogP contribution >= 0.6 is 0 Å². The second-order valence-electron chi connectivity index (χ2n) is 7.22. The van der Waals surface area contributed by atoms with Crippen molar-refractivity contribution in [2.45, 2.75) is 33.2 Å². The third-order valence-electron chi connectivity index (χ3n) is 5.00. The Labute approximate surface area is 155 Å². The maximum Gasteiger partial charge on any atom is 0.253 e. The van der Waals surface area contributed by atoms with Crippen LogP contribution in [0.25, 0.3) is 0 Å². The van der Waals surface area contributed by atoms with E-state index in [0.717, 1.165) is 31.5 Å². The molecule has 0 spiro atoms. The molecule has 1 aliphatic rings. The average Bonchev–Trinajstić information content (AvgIpc) is 2.66. The van der Waals surface area contributed by atoms with Gasteiger partial charge >= 0.3 is 0 Å². The van der Waals surface area contributed by atoms with Crippen LogP contribution in [-0.2, 0) is 6.54 Å². The molecule has 1 saturated heterocycles. The fourth-order valence-electron chi connectivity index (χ4n) is 3.26. The van der Waals surface area contributed by atoms with Gasteiger partial charge in [0.25, 0.3) is 11.8 Å². The van der Waals surface area contributed by atoms with Gasteiger partial charge in [0.05, 0.1) is 0 Å². The first-order valence-corrected chi connectivity index (χ1v) is 9.26. The van der Waals surface area contributed by atoms with E-state index >= 15 is 0 Å². The lowest BCUT2D eigenvalue weighted by Gasteiger charge is -2.30. The monoisotopic (exact) mass is 350 g/mol. The zero-order chi connectivity index (χ0) is 18.5. The Kier molecular flexibility index (Phi) is 5.71. The Hall–Kier alpha value is -2.62. The van der Waals surface area contributed by atoms with E-state index in [1.807, 2.05) is 30.0 Å². The van der Waals surface area contributed by atoms with Crippen molar-refractivity contribution in [3.63, 3.8) is 0 Å². The summed E-state index contributed by atoms with van der Waals surface area (Å²) in [7, 11) is 0. The van der Waals surface area contributed by atoms with Crippen molar-refractivity contribution in [3.05, 3.63) is 70.8 Å². The quantitative estimate of drug-likeness (QED) is 0.912. The highest BCUT2D eigenvalue weighted by molar-refractivity contribution is 5.97. The summed E-state index contributed by atoms with van der Waals surface area (Å²) in [4.78, 5) is 26.8. The van der Waals surface area contributed by atoms with Gasteiger partial charge in [-0.2, -0.15) is 0 Å². The number of benzene rings is 2. The zero-order valence-electron chi connectivity index (χ0n) is 15.5. The molecule has 1 fully saturated rings. The normalized spacial score (nSPS) is 14.9. The highest BCUT2D eigenvalue weighted by Crippen LogP contribution is 2.18. The zero-order valence-corrected chi connectivity index (χ0v) is 15.5. The van der Waals surface area contributed by atoms with Crippen LogP contribution in [0.1, 0.15) is 51.6 Å². The molecule has 3 rings (SSSR count). The van der Waals surface area contributed by atoms with Crippen LogP contribution in [0, 0.1) is 12.8 Å². The number of rotatable bonds is 4. The standard InChI is InChI=1S/C22H26N2O2/c1-16-10-12-24(13-11-16)22(26)20-8-6-19(7-9-20)21(25)23-15-18-5-3-4-17(2)14-18/h3-9,14,16H,10-13,15H2,1-2H3,(H,23,25). The molecule has 1 N–H and O–H groups in total. The van der Waals surface area contributed by atoms with Gasteiger partial charge in [-0.25, -0.2) is 0 Å². The number of aryl methyl sites for hydroxylation is 1. The molecular weight excluding hydrogens is 324 g/mol. The number of nitrogens with one attached hydrogen (secondary N) is 1. The van der Waals surface area contributed by atoms with Crippen molar-refractivity contribution < 1.29 is 9.59 Å².